The average molecular weight is 431 g/mol. The van der Waals surface area contributed by atoms with E-state index in [9.17, 15) is 19.2 Å². The minimum absolute atomic E-state index is 0.310. The van der Waals surface area contributed by atoms with E-state index in [0.717, 1.165) is 0 Å². The van der Waals surface area contributed by atoms with Crippen molar-refractivity contribution in [3.63, 3.8) is 0 Å². The van der Waals surface area contributed by atoms with Crippen LogP contribution in [0.4, 0.5) is 0 Å². The molecule has 1 aliphatic carbocycles. The zero-order chi connectivity index (χ0) is 23.1. The van der Waals surface area contributed by atoms with Gasteiger partial charge < -0.3 is 0 Å². The molecule has 0 spiro atoms. The Hall–Kier alpha value is -3.28. The second-order valence-corrected chi connectivity index (χ2v) is 10.7. The van der Waals surface area contributed by atoms with Gasteiger partial charge in [0.25, 0.3) is 23.6 Å². The van der Waals surface area contributed by atoms with Gasteiger partial charge in [0.05, 0.1) is 33.3 Å². The zero-order valence-electron chi connectivity index (χ0n) is 18.8. The summed E-state index contributed by atoms with van der Waals surface area (Å²) >= 11 is 0. The van der Waals surface area contributed by atoms with Gasteiger partial charge in [-0.15, -0.1) is 0 Å². The van der Waals surface area contributed by atoms with Crippen LogP contribution in [0.5, 0.6) is 0 Å². The Bertz CT molecular complexity index is 1050. The third kappa shape index (κ3) is 2.71. The molecule has 2 aromatic carbocycles. The number of imide groups is 2. The van der Waals surface area contributed by atoms with Crippen LogP contribution in [-0.2, 0) is 0 Å². The van der Waals surface area contributed by atoms with Crippen LogP contribution < -0.4 is 0 Å². The maximum absolute atomic E-state index is 13.3. The highest BCUT2D eigenvalue weighted by Gasteiger charge is 2.59. The number of nitrogens with zero attached hydrogens (tertiary/aromatic N) is 2. The van der Waals surface area contributed by atoms with Gasteiger partial charge in [0.15, 0.2) is 0 Å². The predicted octanol–water partition coefficient (Wildman–Crippen LogP) is 4.31. The van der Waals surface area contributed by atoms with E-state index < -0.39 is 11.1 Å². The van der Waals surface area contributed by atoms with Gasteiger partial charge in [0, 0.05) is 0 Å². The number of carbonyl (C=O) groups excluding carboxylic acids is 4. The molecule has 6 heteroatoms. The van der Waals surface area contributed by atoms with Crippen molar-refractivity contribution >= 4 is 23.6 Å². The summed E-state index contributed by atoms with van der Waals surface area (Å²) in [7, 11) is 0. The van der Waals surface area contributed by atoms with E-state index in [0.29, 0.717) is 41.5 Å². The monoisotopic (exact) mass is 430 g/mol. The van der Waals surface area contributed by atoms with Crippen molar-refractivity contribution in [3.8, 4) is 0 Å². The normalized spacial score (nSPS) is 28.9. The highest BCUT2D eigenvalue weighted by atomic mass is 16.2. The summed E-state index contributed by atoms with van der Waals surface area (Å²) in [5.41, 5.74) is -0.382. The average Bonchev–Trinajstić information content (AvgIpc) is 3.12. The van der Waals surface area contributed by atoms with Gasteiger partial charge >= 0.3 is 0 Å². The van der Waals surface area contributed by atoms with Gasteiger partial charge in [-0.3, -0.25) is 29.0 Å². The Morgan fingerprint density at radius 3 is 1.09 bits per heavy atom. The van der Waals surface area contributed by atoms with Crippen LogP contribution in [0.3, 0.4) is 0 Å². The van der Waals surface area contributed by atoms with Crippen LogP contribution in [0, 0.1) is 5.41 Å². The molecule has 1 fully saturated rings. The molecule has 3 aliphatic rings. The highest BCUT2D eigenvalue weighted by Crippen LogP contribution is 2.53. The Labute approximate surface area is 187 Å². The topological polar surface area (TPSA) is 74.8 Å². The molecule has 2 aromatic rings. The van der Waals surface area contributed by atoms with Crippen LogP contribution in [-0.4, -0.2) is 44.5 Å². The van der Waals surface area contributed by atoms with Crippen LogP contribution in [0.25, 0.3) is 0 Å². The molecule has 0 radical (unpaired) electrons. The molecule has 2 heterocycles. The number of carbonyl (C=O) groups is 4. The van der Waals surface area contributed by atoms with E-state index >= 15 is 0 Å². The molecule has 32 heavy (non-hydrogen) atoms. The molecule has 1 saturated carbocycles. The van der Waals surface area contributed by atoms with Crippen molar-refractivity contribution in [2.45, 2.75) is 58.0 Å². The first-order valence-electron chi connectivity index (χ1n) is 10.9. The number of rotatable bonds is 2. The molecule has 0 bridgehead atoms. The highest BCUT2D eigenvalue weighted by molar-refractivity contribution is 6.23. The second kappa shape index (κ2) is 6.37. The van der Waals surface area contributed by atoms with Gasteiger partial charge in [-0.1, -0.05) is 38.1 Å². The lowest BCUT2D eigenvalue weighted by Crippen LogP contribution is -2.64. The predicted molar refractivity (Wildman–Crippen MR) is 118 cm³/mol. The molecule has 6 nitrogen and oxygen atoms in total. The largest absolute Gasteiger partial charge is 0.269 e. The Morgan fingerprint density at radius 2 is 0.812 bits per heavy atom. The lowest BCUT2D eigenvalue weighted by atomic mass is 9.60. The SMILES string of the molecule is CC1(C)CC(C)(N2C(=O)c3ccccc3C2=O)CC(C)(N2C(=O)c3ccccc3C2=O)C1. The van der Waals surface area contributed by atoms with Crippen LogP contribution >= 0.6 is 0 Å². The fourth-order valence-electron chi connectivity index (χ4n) is 6.75. The fourth-order valence-corrected chi connectivity index (χ4v) is 6.75. The number of benzene rings is 2. The number of fused-ring (bicyclic) bond motifs is 2. The summed E-state index contributed by atoms with van der Waals surface area (Å²) in [5, 5.41) is 0. The van der Waals surface area contributed by atoms with Gasteiger partial charge in [-0.2, -0.15) is 0 Å². The van der Waals surface area contributed by atoms with E-state index in [1.807, 2.05) is 13.8 Å². The fraction of sp³-hybridized carbons (Fsp3) is 0.385. The van der Waals surface area contributed by atoms with Gasteiger partial charge in [0.2, 0.25) is 0 Å². The van der Waals surface area contributed by atoms with E-state index in [2.05, 4.69) is 13.8 Å². The van der Waals surface area contributed by atoms with Crippen LogP contribution in [0.1, 0.15) is 88.4 Å². The van der Waals surface area contributed by atoms with Crippen molar-refractivity contribution in [1.29, 1.82) is 0 Å². The maximum atomic E-state index is 13.3. The molecule has 2 aliphatic heterocycles. The molecule has 0 N–H and O–H groups in total. The number of hydrogen-bond donors (Lipinski definition) is 0. The first-order valence-corrected chi connectivity index (χ1v) is 10.9. The standard InChI is InChI=1S/C26H26N2O4/c1-24(2)13-25(3,27-20(29)16-9-5-6-10-17(16)21(27)30)15-26(4,14-24)28-22(31)18-11-7-8-12-19(18)23(28)32/h5-12H,13-15H2,1-4H3. The Morgan fingerprint density at radius 1 is 0.531 bits per heavy atom. The molecule has 0 saturated heterocycles. The smallest absolute Gasteiger partial charge is 0.262 e. The molecular formula is C26H26N2O4. The van der Waals surface area contributed by atoms with E-state index in [4.69, 9.17) is 0 Å². The number of amides is 4. The lowest BCUT2D eigenvalue weighted by Gasteiger charge is -2.56. The van der Waals surface area contributed by atoms with E-state index in [-0.39, 0.29) is 29.0 Å². The third-order valence-corrected chi connectivity index (χ3v) is 7.15. The lowest BCUT2D eigenvalue weighted by molar-refractivity contribution is -0.0338. The molecule has 2 atom stereocenters. The summed E-state index contributed by atoms with van der Waals surface area (Å²) in [6.45, 7) is 7.95. The van der Waals surface area contributed by atoms with E-state index in [1.165, 1.54) is 9.80 Å². The molecule has 5 rings (SSSR count). The Balaban J connectivity index is 1.58. The van der Waals surface area contributed by atoms with Gasteiger partial charge in [0.1, 0.15) is 0 Å². The number of hydrogen-bond acceptors (Lipinski definition) is 4. The summed E-state index contributed by atoms with van der Waals surface area (Å²) in [6, 6.07) is 13.7. The van der Waals surface area contributed by atoms with Crippen LogP contribution in [0.2, 0.25) is 0 Å². The summed E-state index contributed by atoms with van der Waals surface area (Å²) in [4.78, 5) is 56.0. The Kier molecular flexibility index (Phi) is 4.11. The first-order chi connectivity index (χ1) is 15.0. The third-order valence-electron chi connectivity index (χ3n) is 7.15. The quantitative estimate of drug-likeness (QED) is 0.666. The van der Waals surface area contributed by atoms with Crippen LogP contribution in [0.15, 0.2) is 48.5 Å². The summed E-state index contributed by atoms with van der Waals surface area (Å²) in [5.74, 6) is -1.24. The molecule has 2 unspecified atom stereocenters. The molecule has 164 valence electrons. The first kappa shape index (κ1) is 20.6. The summed E-state index contributed by atoms with van der Waals surface area (Å²) < 4.78 is 0. The molecule has 4 amide bonds. The molecule has 0 aromatic heterocycles. The van der Waals surface area contributed by atoms with Crippen molar-refractivity contribution in [2.24, 2.45) is 5.41 Å². The van der Waals surface area contributed by atoms with Crippen molar-refractivity contribution in [2.75, 3.05) is 0 Å². The van der Waals surface area contributed by atoms with Crippen molar-refractivity contribution in [1.82, 2.24) is 9.80 Å². The van der Waals surface area contributed by atoms with Gasteiger partial charge in [-0.25, -0.2) is 0 Å². The second-order valence-electron chi connectivity index (χ2n) is 10.7. The van der Waals surface area contributed by atoms with Crippen molar-refractivity contribution in [3.05, 3.63) is 70.8 Å². The minimum Gasteiger partial charge on any atom is -0.269 e. The zero-order valence-corrected chi connectivity index (χ0v) is 18.8. The van der Waals surface area contributed by atoms with E-state index in [1.54, 1.807) is 48.5 Å². The molecular weight excluding hydrogens is 404 g/mol. The minimum atomic E-state index is -0.848. The van der Waals surface area contributed by atoms with Crippen molar-refractivity contribution < 1.29 is 19.2 Å². The van der Waals surface area contributed by atoms with Gasteiger partial charge in [-0.05, 0) is 62.8 Å². The summed E-state index contributed by atoms with van der Waals surface area (Å²) in [6.07, 6.45) is 1.51. The maximum Gasteiger partial charge on any atom is 0.262 e.